The van der Waals surface area contributed by atoms with Gasteiger partial charge >= 0.3 is 0 Å². The summed E-state index contributed by atoms with van der Waals surface area (Å²) in [6.07, 6.45) is 4.86. The smallest absolute Gasteiger partial charge is 0.128 e. The number of hydrogen-bond donors (Lipinski definition) is 1. The number of rotatable bonds is 3. The minimum absolute atomic E-state index is 0.416. The van der Waals surface area contributed by atoms with Crippen LogP contribution in [0, 0.1) is 6.92 Å². The zero-order valence-electron chi connectivity index (χ0n) is 7.68. The quantitative estimate of drug-likeness (QED) is 0.772. The monoisotopic (exact) mass is 180 g/mol. The molecule has 1 aromatic heterocycles. The molecule has 1 aliphatic carbocycles. The van der Waals surface area contributed by atoms with Gasteiger partial charge in [-0.3, -0.25) is 4.98 Å². The Labute approximate surface area is 77.2 Å². The molecule has 2 nitrogen and oxygen atoms in total. The lowest BCUT2D eigenvalue weighted by Crippen LogP contribution is -2.16. The summed E-state index contributed by atoms with van der Waals surface area (Å²) in [5.41, 5.74) is 1.10. The zero-order chi connectivity index (χ0) is 9.31. The molecule has 0 aromatic carbocycles. The van der Waals surface area contributed by atoms with Gasteiger partial charge in [-0.05, 0) is 31.4 Å². The summed E-state index contributed by atoms with van der Waals surface area (Å²) in [6.45, 7) is 2.40. The molecule has 0 atom stereocenters. The highest BCUT2D eigenvalue weighted by Gasteiger charge is 2.42. The summed E-state index contributed by atoms with van der Waals surface area (Å²) >= 11 is 0. The second kappa shape index (κ2) is 2.98. The summed E-state index contributed by atoms with van der Waals surface area (Å²) in [5.74, 6) is 0. The van der Waals surface area contributed by atoms with Crippen LogP contribution in [0.25, 0.3) is 0 Å². The fourth-order valence-corrected chi connectivity index (χ4v) is 1.22. The van der Waals surface area contributed by atoms with Gasteiger partial charge in [0.25, 0.3) is 0 Å². The van der Waals surface area contributed by atoms with E-state index in [2.05, 4.69) is 10.3 Å². The fourth-order valence-electron chi connectivity index (χ4n) is 1.22. The normalized spacial score (nSPS) is 18.3. The van der Waals surface area contributed by atoms with Gasteiger partial charge in [0.15, 0.2) is 0 Å². The van der Waals surface area contributed by atoms with Crippen molar-refractivity contribution in [3.05, 3.63) is 24.0 Å². The van der Waals surface area contributed by atoms with Crippen molar-refractivity contribution < 1.29 is 4.39 Å². The molecular weight excluding hydrogens is 167 g/mol. The molecule has 1 saturated carbocycles. The van der Waals surface area contributed by atoms with E-state index in [0.717, 1.165) is 11.3 Å². The van der Waals surface area contributed by atoms with Crippen molar-refractivity contribution in [1.29, 1.82) is 0 Å². The van der Waals surface area contributed by atoms with Gasteiger partial charge in [0.1, 0.15) is 5.67 Å². The minimum Gasteiger partial charge on any atom is -0.380 e. The van der Waals surface area contributed by atoms with Gasteiger partial charge < -0.3 is 5.32 Å². The van der Waals surface area contributed by atoms with Crippen molar-refractivity contribution in [3.8, 4) is 0 Å². The van der Waals surface area contributed by atoms with Crippen molar-refractivity contribution in [1.82, 2.24) is 4.98 Å². The fraction of sp³-hybridized carbons (Fsp3) is 0.500. The molecule has 1 aromatic rings. The number of aryl methyl sites for hydroxylation is 1. The highest BCUT2D eigenvalue weighted by molar-refractivity contribution is 5.48. The van der Waals surface area contributed by atoms with Crippen LogP contribution in [0.15, 0.2) is 18.5 Å². The molecule has 2 rings (SSSR count). The van der Waals surface area contributed by atoms with Gasteiger partial charge in [-0.2, -0.15) is 0 Å². The first-order valence-corrected chi connectivity index (χ1v) is 4.53. The highest BCUT2D eigenvalue weighted by Crippen LogP contribution is 2.39. The molecule has 1 N–H and O–H groups in total. The molecule has 1 aliphatic rings. The Morgan fingerprint density at radius 3 is 3.00 bits per heavy atom. The summed E-state index contributed by atoms with van der Waals surface area (Å²) in [6, 6.07) is 1.92. The van der Waals surface area contributed by atoms with Crippen LogP contribution in [-0.2, 0) is 0 Å². The van der Waals surface area contributed by atoms with Crippen LogP contribution < -0.4 is 5.32 Å². The predicted molar refractivity (Wildman–Crippen MR) is 50.5 cm³/mol. The molecule has 0 amide bonds. The molecule has 0 radical (unpaired) electrons. The molecule has 13 heavy (non-hydrogen) atoms. The third kappa shape index (κ3) is 1.97. The lowest BCUT2D eigenvalue weighted by molar-refractivity contribution is 0.326. The highest BCUT2D eigenvalue weighted by atomic mass is 19.1. The largest absolute Gasteiger partial charge is 0.380 e. The average molecular weight is 180 g/mol. The molecule has 0 spiro atoms. The van der Waals surface area contributed by atoms with Gasteiger partial charge in [0, 0.05) is 12.7 Å². The van der Waals surface area contributed by atoms with Crippen molar-refractivity contribution in [2.75, 3.05) is 11.9 Å². The minimum atomic E-state index is -0.942. The van der Waals surface area contributed by atoms with E-state index in [4.69, 9.17) is 0 Å². The van der Waals surface area contributed by atoms with E-state index >= 15 is 0 Å². The second-order valence-electron chi connectivity index (χ2n) is 3.70. The molecule has 70 valence electrons. The van der Waals surface area contributed by atoms with Crippen LogP contribution in [-0.4, -0.2) is 17.2 Å². The van der Waals surface area contributed by atoms with Gasteiger partial charge in [-0.15, -0.1) is 0 Å². The number of pyridine rings is 1. The zero-order valence-corrected chi connectivity index (χ0v) is 7.68. The SMILES string of the molecule is Cc1ccncc1NCC1(F)CC1. The standard InChI is InChI=1S/C10H13FN2/c1-8-2-5-12-6-9(8)13-7-10(11)3-4-10/h2,5-6,13H,3-4,7H2,1H3. The number of alkyl halides is 1. The molecule has 0 saturated heterocycles. The Hall–Kier alpha value is -1.12. The van der Waals surface area contributed by atoms with Crippen LogP contribution in [0.2, 0.25) is 0 Å². The number of anilines is 1. The first kappa shape index (κ1) is 8.48. The van der Waals surface area contributed by atoms with E-state index in [9.17, 15) is 4.39 Å². The Bertz CT molecular complexity index is 308. The average Bonchev–Trinajstić information content (AvgIpc) is 2.83. The molecule has 1 heterocycles. The summed E-state index contributed by atoms with van der Waals surface area (Å²) in [7, 11) is 0. The summed E-state index contributed by atoms with van der Waals surface area (Å²) in [4.78, 5) is 3.98. The second-order valence-corrected chi connectivity index (χ2v) is 3.70. The van der Waals surface area contributed by atoms with E-state index in [1.54, 1.807) is 12.4 Å². The molecule has 3 heteroatoms. The first-order valence-electron chi connectivity index (χ1n) is 4.53. The molecule has 0 bridgehead atoms. The van der Waals surface area contributed by atoms with E-state index < -0.39 is 5.67 Å². The van der Waals surface area contributed by atoms with E-state index in [0.29, 0.717) is 19.4 Å². The Morgan fingerprint density at radius 1 is 1.62 bits per heavy atom. The maximum atomic E-state index is 13.2. The van der Waals surface area contributed by atoms with Gasteiger partial charge in [0.05, 0.1) is 11.9 Å². The lowest BCUT2D eigenvalue weighted by atomic mass is 10.2. The van der Waals surface area contributed by atoms with Crippen LogP contribution in [0.4, 0.5) is 10.1 Å². The Kier molecular flexibility index (Phi) is 1.94. The van der Waals surface area contributed by atoms with Crippen molar-refractivity contribution in [2.45, 2.75) is 25.4 Å². The van der Waals surface area contributed by atoms with Crippen LogP contribution >= 0.6 is 0 Å². The number of nitrogens with zero attached hydrogens (tertiary/aromatic N) is 1. The third-order valence-corrected chi connectivity index (χ3v) is 2.43. The van der Waals surface area contributed by atoms with E-state index in [1.807, 2.05) is 13.0 Å². The molecule has 0 unspecified atom stereocenters. The predicted octanol–water partition coefficient (Wildman–Crippen LogP) is 2.30. The number of aromatic nitrogens is 1. The summed E-state index contributed by atoms with van der Waals surface area (Å²) in [5, 5.41) is 3.08. The number of nitrogens with one attached hydrogen (secondary N) is 1. The van der Waals surface area contributed by atoms with Crippen molar-refractivity contribution in [2.24, 2.45) is 0 Å². The van der Waals surface area contributed by atoms with Gasteiger partial charge in [-0.1, -0.05) is 0 Å². The van der Waals surface area contributed by atoms with E-state index in [1.165, 1.54) is 0 Å². The molecule has 1 fully saturated rings. The number of hydrogen-bond acceptors (Lipinski definition) is 2. The number of halogens is 1. The molecular formula is C10H13FN2. The summed E-state index contributed by atoms with van der Waals surface area (Å²) < 4.78 is 13.2. The third-order valence-electron chi connectivity index (χ3n) is 2.43. The lowest BCUT2D eigenvalue weighted by Gasteiger charge is -2.10. The van der Waals surface area contributed by atoms with Crippen molar-refractivity contribution >= 4 is 5.69 Å². The maximum absolute atomic E-state index is 13.2. The topological polar surface area (TPSA) is 24.9 Å². The Morgan fingerprint density at radius 2 is 2.38 bits per heavy atom. The van der Waals surface area contributed by atoms with E-state index in [-0.39, 0.29) is 0 Å². The van der Waals surface area contributed by atoms with Crippen LogP contribution in [0.3, 0.4) is 0 Å². The Balaban J connectivity index is 1.97. The van der Waals surface area contributed by atoms with Crippen LogP contribution in [0.1, 0.15) is 18.4 Å². The van der Waals surface area contributed by atoms with Crippen molar-refractivity contribution in [3.63, 3.8) is 0 Å². The first-order chi connectivity index (χ1) is 6.20. The maximum Gasteiger partial charge on any atom is 0.128 e. The van der Waals surface area contributed by atoms with Gasteiger partial charge in [-0.25, -0.2) is 4.39 Å². The van der Waals surface area contributed by atoms with Gasteiger partial charge in [0.2, 0.25) is 0 Å². The van der Waals surface area contributed by atoms with Crippen LogP contribution in [0.5, 0.6) is 0 Å². The molecule has 0 aliphatic heterocycles.